The van der Waals surface area contributed by atoms with Gasteiger partial charge in [0.25, 0.3) is 0 Å². The molecule has 0 bridgehead atoms. The molecule has 0 fully saturated rings. The third-order valence-electron chi connectivity index (χ3n) is 15.7. The molecule has 1 unspecified atom stereocenters. The highest BCUT2D eigenvalue weighted by atomic mass is 16.6. The van der Waals surface area contributed by atoms with Gasteiger partial charge >= 0.3 is 17.9 Å². The fourth-order valence-corrected chi connectivity index (χ4v) is 10.5. The Bertz CT molecular complexity index is 1490. The van der Waals surface area contributed by atoms with Crippen molar-refractivity contribution in [3.8, 4) is 0 Å². The summed E-state index contributed by atoms with van der Waals surface area (Å²) >= 11 is 0. The Labute approximate surface area is 503 Å². The van der Waals surface area contributed by atoms with E-state index >= 15 is 0 Å². The highest BCUT2D eigenvalue weighted by molar-refractivity contribution is 5.71. The van der Waals surface area contributed by atoms with Crippen LogP contribution in [-0.4, -0.2) is 37.2 Å². The lowest BCUT2D eigenvalue weighted by atomic mass is 10.0. The monoisotopic (exact) mass is 1130 g/mol. The van der Waals surface area contributed by atoms with Crippen LogP contribution in [0, 0.1) is 0 Å². The smallest absolute Gasteiger partial charge is 0.306 e. The van der Waals surface area contributed by atoms with Gasteiger partial charge in [0, 0.05) is 19.3 Å². The summed E-state index contributed by atoms with van der Waals surface area (Å²) in [4.78, 5) is 38.4. The molecule has 1 atom stereocenters. The normalized spacial score (nSPS) is 12.5. The van der Waals surface area contributed by atoms with Crippen LogP contribution in [-0.2, 0) is 28.6 Å². The van der Waals surface area contributed by atoms with Gasteiger partial charge in [-0.1, -0.05) is 351 Å². The van der Waals surface area contributed by atoms with E-state index in [0.717, 1.165) is 96.3 Å². The van der Waals surface area contributed by atoms with Gasteiger partial charge in [0.15, 0.2) is 6.10 Å². The van der Waals surface area contributed by atoms with Crippen LogP contribution >= 0.6 is 0 Å². The van der Waals surface area contributed by atoms with Crippen LogP contribution in [0.5, 0.6) is 0 Å². The van der Waals surface area contributed by atoms with Gasteiger partial charge in [-0.15, -0.1) is 0 Å². The van der Waals surface area contributed by atoms with Crippen molar-refractivity contribution < 1.29 is 28.6 Å². The lowest BCUT2D eigenvalue weighted by molar-refractivity contribution is -0.167. The number of hydrogen-bond acceptors (Lipinski definition) is 6. The van der Waals surface area contributed by atoms with Gasteiger partial charge in [-0.3, -0.25) is 14.4 Å². The number of ether oxygens (including phenoxy) is 3. The Morgan fingerprint density at radius 3 is 0.753 bits per heavy atom. The van der Waals surface area contributed by atoms with Crippen LogP contribution in [0.25, 0.3) is 0 Å². The Balaban J connectivity index is 4.23. The number of allylic oxidation sites excluding steroid dienone is 12. The van der Waals surface area contributed by atoms with Crippen LogP contribution in [0.4, 0.5) is 0 Å². The lowest BCUT2D eigenvalue weighted by Crippen LogP contribution is -2.30. The zero-order valence-electron chi connectivity index (χ0n) is 54.1. The third kappa shape index (κ3) is 67.5. The Kier molecular flexibility index (Phi) is 66.6. The molecule has 0 spiro atoms. The third-order valence-corrected chi connectivity index (χ3v) is 15.7. The lowest BCUT2D eigenvalue weighted by Gasteiger charge is -2.18. The maximum atomic E-state index is 12.9. The second kappa shape index (κ2) is 69.3. The number of rotatable bonds is 65. The van der Waals surface area contributed by atoms with Crippen LogP contribution in [0.2, 0.25) is 0 Å². The first kappa shape index (κ1) is 77.9. The van der Waals surface area contributed by atoms with E-state index in [-0.39, 0.29) is 31.1 Å². The van der Waals surface area contributed by atoms with E-state index in [2.05, 4.69) is 93.7 Å². The van der Waals surface area contributed by atoms with E-state index in [9.17, 15) is 14.4 Å². The molecule has 0 N–H and O–H groups in total. The summed E-state index contributed by atoms with van der Waals surface area (Å²) in [5.41, 5.74) is 0. The molecule has 0 aromatic carbocycles. The average Bonchev–Trinajstić information content (AvgIpc) is 3.47. The predicted octanol–water partition coefficient (Wildman–Crippen LogP) is 24.4. The van der Waals surface area contributed by atoms with Gasteiger partial charge < -0.3 is 14.2 Å². The van der Waals surface area contributed by atoms with Crippen molar-refractivity contribution in [2.24, 2.45) is 0 Å². The summed E-state index contributed by atoms with van der Waals surface area (Å²) in [5, 5.41) is 0. The van der Waals surface area contributed by atoms with E-state index in [1.165, 1.54) is 231 Å². The van der Waals surface area contributed by atoms with E-state index in [1.54, 1.807) is 0 Å². The molecule has 81 heavy (non-hydrogen) atoms. The topological polar surface area (TPSA) is 78.9 Å². The molecule has 0 aliphatic rings. The minimum Gasteiger partial charge on any atom is -0.462 e. The molecule has 6 nitrogen and oxygen atoms in total. The molecule has 0 aromatic heterocycles. The molecule has 0 aromatic rings. The quantitative estimate of drug-likeness (QED) is 0.0261. The Hall–Kier alpha value is -3.15. The fourth-order valence-electron chi connectivity index (χ4n) is 10.5. The molecular weight excluding hydrogens is 997 g/mol. The van der Waals surface area contributed by atoms with Gasteiger partial charge in [0.05, 0.1) is 0 Å². The summed E-state index contributed by atoms with van der Waals surface area (Å²) in [5.74, 6) is -0.845. The van der Waals surface area contributed by atoms with Crippen molar-refractivity contribution in [2.75, 3.05) is 13.2 Å². The summed E-state index contributed by atoms with van der Waals surface area (Å²) in [6.07, 6.45) is 90.7. The van der Waals surface area contributed by atoms with Crippen molar-refractivity contribution in [3.63, 3.8) is 0 Å². The van der Waals surface area contributed by atoms with E-state index in [4.69, 9.17) is 14.2 Å². The van der Waals surface area contributed by atoms with Crippen LogP contribution < -0.4 is 0 Å². The molecule has 6 heteroatoms. The predicted molar refractivity (Wildman–Crippen MR) is 353 cm³/mol. The zero-order chi connectivity index (χ0) is 58.5. The Morgan fingerprint density at radius 2 is 0.481 bits per heavy atom. The van der Waals surface area contributed by atoms with Crippen LogP contribution in [0.3, 0.4) is 0 Å². The molecule has 0 saturated heterocycles. The Morgan fingerprint density at radius 1 is 0.259 bits per heavy atom. The van der Waals surface area contributed by atoms with Crippen molar-refractivity contribution in [2.45, 2.75) is 374 Å². The minimum atomic E-state index is -0.773. The molecule has 0 rings (SSSR count). The van der Waals surface area contributed by atoms with Crippen molar-refractivity contribution in [1.29, 1.82) is 0 Å². The maximum absolute atomic E-state index is 12.9. The van der Waals surface area contributed by atoms with Gasteiger partial charge in [-0.05, 0) is 70.6 Å². The number of esters is 3. The summed E-state index contributed by atoms with van der Waals surface area (Å²) in [6, 6.07) is 0. The zero-order valence-corrected chi connectivity index (χ0v) is 54.1. The average molecular weight is 1130 g/mol. The van der Waals surface area contributed by atoms with Gasteiger partial charge in [0.1, 0.15) is 13.2 Å². The highest BCUT2D eigenvalue weighted by Crippen LogP contribution is 2.18. The van der Waals surface area contributed by atoms with E-state index in [1.807, 2.05) is 0 Å². The first-order valence-corrected chi connectivity index (χ1v) is 35.4. The van der Waals surface area contributed by atoms with E-state index in [0.29, 0.717) is 19.3 Å². The summed E-state index contributed by atoms with van der Waals surface area (Å²) in [7, 11) is 0. The summed E-state index contributed by atoms with van der Waals surface area (Å²) in [6.45, 7) is 6.59. The first-order chi connectivity index (χ1) is 40.0. The molecule has 0 radical (unpaired) electrons. The second-order valence-corrected chi connectivity index (χ2v) is 23.8. The largest absolute Gasteiger partial charge is 0.462 e. The van der Waals surface area contributed by atoms with Gasteiger partial charge in [-0.2, -0.15) is 0 Å². The number of hydrogen-bond donors (Lipinski definition) is 0. The van der Waals surface area contributed by atoms with Crippen LogP contribution in [0.1, 0.15) is 367 Å². The maximum Gasteiger partial charge on any atom is 0.306 e. The molecule has 470 valence electrons. The molecular formula is C75H134O6. The van der Waals surface area contributed by atoms with Crippen LogP contribution in [0.15, 0.2) is 72.9 Å². The first-order valence-electron chi connectivity index (χ1n) is 35.4. The minimum absolute atomic E-state index is 0.0688. The molecule has 0 amide bonds. The van der Waals surface area contributed by atoms with Gasteiger partial charge in [0.2, 0.25) is 0 Å². The molecule has 0 aliphatic carbocycles. The number of carbonyl (C=O) groups excluding carboxylic acids is 3. The SMILES string of the molecule is CC/C=C\C/C=C\C/C=C\C/C=C\C/C=C\C/C=C\CCCCCCCCCCCCCCC(=O)OCC(COC(=O)CCCCCCCCCCCCCCCC)OC(=O)CCCCCCCCCCCCCCCCCCCC. The molecule has 0 saturated carbocycles. The van der Waals surface area contributed by atoms with Crippen molar-refractivity contribution in [3.05, 3.63) is 72.9 Å². The number of carbonyl (C=O) groups is 3. The molecule has 0 aliphatic heterocycles. The second-order valence-electron chi connectivity index (χ2n) is 23.8. The van der Waals surface area contributed by atoms with E-state index < -0.39 is 6.10 Å². The molecule has 0 heterocycles. The highest BCUT2D eigenvalue weighted by Gasteiger charge is 2.19. The van der Waals surface area contributed by atoms with Crippen molar-refractivity contribution >= 4 is 17.9 Å². The summed E-state index contributed by atoms with van der Waals surface area (Å²) < 4.78 is 17.0. The standard InChI is InChI=1S/C75H134O6/c1-4-7-10-13-16-19-22-25-28-30-32-33-34-35-36-37-38-39-40-41-42-43-44-46-47-50-53-56-59-62-65-68-74(77)80-71-72(70-79-73(76)67-64-61-58-55-52-49-27-24-21-18-15-12-9-6-3)81-75(78)69-66-63-60-57-54-51-48-45-31-29-26-23-20-17-14-11-8-5-2/h7,10,16,19,25,28,32-33,35-36,38-39,72H,4-6,8-9,11-15,17-18,20-24,26-27,29-31,34,37,40-71H2,1-3H3/b10-7-,19-16-,28-25-,33-32-,36-35-,39-38-. The van der Waals surface area contributed by atoms with Crippen molar-refractivity contribution in [1.82, 2.24) is 0 Å². The number of unbranched alkanes of at least 4 members (excludes halogenated alkanes) is 42. The fraction of sp³-hybridized carbons (Fsp3) is 0.800. The van der Waals surface area contributed by atoms with Gasteiger partial charge in [-0.25, -0.2) is 0 Å².